The van der Waals surface area contributed by atoms with Crippen molar-refractivity contribution >= 4 is 5.78 Å². The molecule has 0 saturated carbocycles. The van der Waals surface area contributed by atoms with Gasteiger partial charge in [-0.25, -0.2) is 0 Å². The molecule has 16 heavy (non-hydrogen) atoms. The Morgan fingerprint density at radius 1 is 1.56 bits per heavy atom. The Kier molecular flexibility index (Phi) is 3.45. The maximum Gasteiger partial charge on any atom is 0.155 e. The number of hydrogen-bond acceptors (Lipinski definition) is 3. The van der Waals surface area contributed by atoms with Crippen LogP contribution < -0.4 is 5.32 Å². The van der Waals surface area contributed by atoms with E-state index in [2.05, 4.69) is 19.2 Å². The van der Waals surface area contributed by atoms with Crippen LogP contribution in [0.3, 0.4) is 0 Å². The van der Waals surface area contributed by atoms with E-state index in [-0.39, 0.29) is 17.3 Å². The van der Waals surface area contributed by atoms with Crippen LogP contribution in [0.4, 0.5) is 0 Å². The number of ketones is 1. The van der Waals surface area contributed by atoms with Crippen LogP contribution in [0.2, 0.25) is 0 Å². The average Bonchev–Trinajstić information content (AvgIpc) is 2.26. The fraction of sp³-hybridized carbons (Fsp3) is 0.769. The molecule has 1 unspecified atom stereocenters. The van der Waals surface area contributed by atoms with Crippen LogP contribution in [0.25, 0.3) is 0 Å². The lowest BCUT2D eigenvalue weighted by molar-refractivity contribution is -0.115. The largest absolute Gasteiger partial charge is 0.375 e. The van der Waals surface area contributed by atoms with Gasteiger partial charge in [0.2, 0.25) is 0 Å². The second-order valence-electron chi connectivity index (χ2n) is 5.42. The molecule has 1 heterocycles. The van der Waals surface area contributed by atoms with Gasteiger partial charge < -0.3 is 10.1 Å². The van der Waals surface area contributed by atoms with Crippen molar-refractivity contribution in [3.05, 3.63) is 11.6 Å². The number of ether oxygens (including phenoxy) is 1. The second-order valence-corrected chi connectivity index (χ2v) is 5.42. The molecule has 1 aliphatic carbocycles. The molecule has 0 radical (unpaired) electrons. The predicted octanol–water partition coefficient (Wildman–Crippen LogP) is 1.68. The van der Waals surface area contributed by atoms with Gasteiger partial charge in [0.15, 0.2) is 5.78 Å². The second kappa shape index (κ2) is 4.68. The van der Waals surface area contributed by atoms with Crippen molar-refractivity contribution in [3.63, 3.8) is 0 Å². The van der Waals surface area contributed by atoms with Gasteiger partial charge in [-0.1, -0.05) is 19.4 Å². The molecule has 0 bridgehead atoms. The first kappa shape index (κ1) is 11.8. The Hall–Kier alpha value is -0.670. The van der Waals surface area contributed by atoms with Crippen molar-refractivity contribution < 1.29 is 9.53 Å². The van der Waals surface area contributed by atoms with Gasteiger partial charge in [-0.2, -0.15) is 0 Å². The van der Waals surface area contributed by atoms with E-state index in [1.165, 1.54) is 5.57 Å². The van der Waals surface area contributed by atoms with E-state index in [1.54, 1.807) is 0 Å². The summed E-state index contributed by atoms with van der Waals surface area (Å²) in [7, 11) is 0. The van der Waals surface area contributed by atoms with Crippen molar-refractivity contribution in [3.8, 4) is 0 Å². The number of allylic oxidation sites excluding steroid dienone is 1. The summed E-state index contributed by atoms with van der Waals surface area (Å²) in [6, 6.07) is 0. The Balaban J connectivity index is 2.03. The summed E-state index contributed by atoms with van der Waals surface area (Å²) in [5, 5.41) is 3.33. The molecule has 0 amide bonds. The molecule has 0 aromatic rings. The Morgan fingerprint density at radius 2 is 2.38 bits per heavy atom. The number of nitrogens with one attached hydrogen (secondary N) is 1. The first-order valence-electron chi connectivity index (χ1n) is 6.14. The van der Waals surface area contributed by atoms with Crippen molar-refractivity contribution in [2.75, 3.05) is 19.7 Å². The highest BCUT2D eigenvalue weighted by molar-refractivity contribution is 5.91. The van der Waals surface area contributed by atoms with Crippen LogP contribution in [-0.2, 0) is 9.53 Å². The lowest BCUT2D eigenvalue weighted by atomic mass is 9.73. The summed E-state index contributed by atoms with van der Waals surface area (Å²) in [6.07, 6.45) is 4.65. The van der Waals surface area contributed by atoms with Gasteiger partial charge >= 0.3 is 0 Å². The number of rotatable bonds is 2. The number of morpholine rings is 1. The summed E-state index contributed by atoms with van der Waals surface area (Å²) < 4.78 is 5.69. The fourth-order valence-corrected chi connectivity index (χ4v) is 2.39. The lowest BCUT2D eigenvalue weighted by Crippen LogP contribution is -2.39. The molecule has 1 saturated heterocycles. The van der Waals surface area contributed by atoms with E-state index in [4.69, 9.17) is 4.74 Å². The van der Waals surface area contributed by atoms with Gasteiger partial charge in [-0.3, -0.25) is 4.79 Å². The highest BCUT2D eigenvalue weighted by atomic mass is 16.5. The molecular weight excluding hydrogens is 202 g/mol. The van der Waals surface area contributed by atoms with Gasteiger partial charge in [-0.05, 0) is 24.3 Å². The zero-order chi connectivity index (χ0) is 11.6. The smallest absolute Gasteiger partial charge is 0.155 e. The Bertz CT molecular complexity index is 301. The SMILES string of the molecule is CC1(C)CCC(=O)C=C1CC1CNCCO1. The van der Waals surface area contributed by atoms with Crippen LogP contribution in [-0.4, -0.2) is 31.6 Å². The third-order valence-electron chi connectivity index (χ3n) is 3.65. The zero-order valence-electron chi connectivity index (χ0n) is 10.2. The molecule has 3 nitrogen and oxygen atoms in total. The minimum atomic E-state index is 0.161. The van der Waals surface area contributed by atoms with Crippen LogP contribution in [0.15, 0.2) is 11.6 Å². The molecule has 1 fully saturated rings. The van der Waals surface area contributed by atoms with E-state index < -0.39 is 0 Å². The van der Waals surface area contributed by atoms with Gasteiger partial charge in [-0.15, -0.1) is 0 Å². The standard InChI is InChI=1S/C13H21NO2/c1-13(2)4-3-11(15)7-10(13)8-12-9-14-5-6-16-12/h7,12,14H,3-6,8-9H2,1-2H3. The molecule has 0 spiro atoms. The van der Waals surface area contributed by atoms with E-state index >= 15 is 0 Å². The molecule has 2 rings (SSSR count). The van der Waals surface area contributed by atoms with Crippen LogP contribution >= 0.6 is 0 Å². The van der Waals surface area contributed by atoms with E-state index in [9.17, 15) is 4.79 Å². The molecule has 0 aromatic heterocycles. The van der Waals surface area contributed by atoms with E-state index in [0.29, 0.717) is 6.42 Å². The van der Waals surface area contributed by atoms with Gasteiger partial charge in [0, 0.05) is 19.5 Å². The van der Waals surface area contributed by atoms with Crippen LogP contribution in [0, 0.1) is 5.41 Å². The molecule has 3 heteroatoms. The fourth-order valence-electron chi connectivity index (χ4n) is 2.39. The minimum Gasteiger partial charge on any atom is -0.375 e. The first-order chi connectivity index (χ1) is 7.58. The first-order valence-corrected chi connectivity index (χ1v) is 6.14. The number of carbonyl (C=O) groups excluding carboxylic acids is 1. The maximum atomic E-state index is 11.5. The van der Waals surface area contributed by atoms with Gasteiger partial charge in [0.05, 0.1) is 12.7 Å². The van der Waals surface area contributed by atoms with Crippen molar-refractivity contribution in [2.24, 2.45) is 5.41 Å². The van der Waals surface area contributed by atoms with E-state index in [1.807, 2.05) is 6.08 Å². The molecule has 2 aliphatic rings. The monoisotopic (exact) mass is 223 g/mol. The molecule has 0 aromatic carbocycles. The third kappa shape index (κ3) is 2.71. The summed E-state index contributed by atoms with van der Waals surface area (Å²) in [6.45, 7) is 7.08. The quantitative estimate of drug-likeness (QED) is 0.774. The summed E-state index contributed by atoms with van der Waals surface area (Å²) in [5.41, 5.74) is 1.42. The van der Waals surface area contributed by atoms with Crippen molar-refractivity contribution in [1.82, 2.24) is 5.32 Å². The predicted molar refractivity (Wildman–Crippen MR) is 63.3 cm³/mol. The Morgan fingerprint density at radius 3 is 3.06 bits per heavy atom. The molecule has 1 atom stereocenters. The lowest BCUT2D eigenvalue weighted by Gasteiger charge is -2.34. The molecule has 90 valence electrons. The van der Waals surface area contributed by atoms with Gasteiger partial charge in [0.1, 0.15) is 0 Å². The van der Waals surface area contributed by atoms with Crippen molar-refractivity contribution in [1.29, 1.82) is 0 Å². The third-order valence-corrected chi connectivity index (χ3v) is 3.65. The minimum absolute atomic E-state index is 0.161. The molecular formula is C13H21NO2. The molecule has 1 aliphatic heterocycles. The number of hydrogen-bond donors (Lipinski definition) is 1. The van der Waals surface area contributed by atoms with Crippen LogP contribution in [0.5, 0.6) is 0 Å². The number of carbonyl (C=O) groups is 1. The highest BCUT2D eigenvalue weighted by Crippen LogP contribution is 2.38. The topological polar surface area (TPSA) is 38.3 Å². The summed E-state index contributed by atoms with van der Waals surface area (Å²) in [4.78, 5) is 11.5. The Labute approximate surface area is 97.2 Å². The maximum absolute atomic E-state index is 11.5. The van der Waals surface area contributed by atoms with Crippen LogP contribution in [0.1, 0.15) is 33.1 Å². The molecule has 1 N–H and O–H groups in total. The summed E-state index contributed by atoms with van der Waals surface area (Å²) >= 11 is 0. The van der Waals surface area contributed by atoms with Crippen molar-refractivity contribution in [2.45, 2.75) is 39.2 Å². The normalized spacial score (nSPS) is 30.0. The highest BCUT2D eigenvalue weighted by Gasteiger charge is 2.30. The van der Waals surface area contributed by atoms with Gasteiger partial charge in [0.25, 0.3) is 0 Å². The zero-order valence-corrected chi connectivity index (χ0v) is 10.2. The summed E-state index contributed by atoms with van der Waals surface area (Å²) in [5.74, 6) is 0.276. The average molecular weight is 223 g/mol. The van der Waals surface area contributed by atoms with E-state index in [0.717, 1.165) is 32.5 Å².